The van der Waals surface area contributed by atoms with Crippen molar-refractivity contribution in [1.29, 1.82) is 0 Å². The Morgan fingerprint density at radius 3 is 2.33 bits per heavy atom. The highest BCUT2D eigenvalue weighted by Crippen LogP contribution is 2.17. The average Bonchev–Trinajstić information content (AvgIpc) is 3.06. The number of aromatic nitrogens is 3. The summed E-state index contributed by atoms with van der Waals surface area (Å²) in [5.74, 6) is 1.80. The fraction of sp³-hybridized carbons (Fsp3) is 0.714. The Labute approximate surface area is 166 Å². The van der Waals surface area contributed by atoms with Crippen molar-refractivity contribution >= 4 is 0 Å². The van der Waals surface area contributed by atoms with E-state index in [1.165, 1.54) is 0 Å². The molecule has 1 heterocycles. The maximum Gasteiger partial charge on any atom is 0.321 e. The summed E-state index contributed by atoms with van der Waals surface area (Å²) in [5.41, 5.74) is 1.15. The molecule has 0 aliphatic rings. The van der Waals surface area contributed by atoms with Gasteiger partial charge in [-0.05, 0) is 33.3 Å². The number of aryl methyl sites for hydroxylation is 1. The lowest BCUT2D eigenvalue weighted by Crippen LogP contribution is -2.26. The van der Waals surface area contributed by atoms with Crippen LogP contribution in [0.25, 0.3) is 0 Å². The zero-order chi connectivity index (χ0) is 20.8. The predicted octanol–water partition coefficient (Wildman–Crippen LogP) is 4.73. The van der Waals surface area contributed by atoms with E-state index < -0.39 is 0 Å². The van der Waals surface area contributed by atoms with Gasteiger partial charge in [-0.25, -0.2) is 0 Å². The van der Waals surface area contributed by atoms with Gasteiger partial charge in [0.15, 0.2) is 0 Å². The van der Waals surface area contributed by atoms with Gasteiger partial charge in [0.1, 0.15) is 11.6 Å². The van der Waals surface area contributed by atoms with E-state index in [0.29, 0.717) is 6.01 Å². The maximum atomic E-state index is 6.01. The molecule has 0 saturated carbocycles. The first-order valence-electron chi connectivity index (χ1n) is 10.2. The highest BCUT2D eigenvalue weighted by Gasteiger charge is 2.12. The Hall–Kier alpha value is -1.82. The molecular formula is C21H40N4O2. The summed E-state index contributed by atoms with van der Waals surface area (Å²) in [5, 5.41) is 8.30. The van der Waals surface area contributed by atoms with Crippen LogP contribution in [-0.4, -0.2) is 46.0 Å². The number of hydrogen-bond acceptors (Lipinski definition) is 5. The molecule has 0 radical (unpaired) electrons. The van der Waals surface area contributed by atoms with E-state index in [0.717, 1.165) is 49.6 Å². The quantitative estimate of drug-likeness (QED) is 0.410. The van der Waals surface area contributed by atoms with Crippen LogP contribution in [0, 0.1) is 0 Å². The number of allylic oxidation sites excluding steroid dienone is 3. The minimum absolute atomic E-state index is 0.254. The van der Waals surface area contributed by atoms with Crippen molar-refractivity contribution in [2.45, 2.75) is 73.8 Å². The molecule has 0 aliphatic carbocycles. The number of methoxy groups -OCH3 is 1. The Kier molecular flexibility index (Phi) is 13.3. The normalized spacial score (nSPS) is 13.1. The van der Waals surface area contributed by atoms with Crippen LogP contribution >= 0.6 is 0 Å². The lowest BCUT2D eigenvalue weighted by molar-refractivity contribution is 0.102. The lowest BCUT2D eigenvalue weighted by Gasteiger charge is -2.26. The molecule has 0 spiro atoms. The average molecular weight is 381 g/mol. The van der Waals surface area contributed by atoms with Gasteiger partial charge in [0.05, 0.1) is 6.10 Å². The molecule has 0 aromatic carbocycles. The molecule has 6 nitrogen and oxygen atoms in total. The van der Waals surface area contributed by atoms with Gasteiger partial charge in [-0.2, -0.15) is 0 Å². The van der Waals surface area contributed by atoms with Crippen LogP contribution in [0.5, 0.6) is 6.01 Å². The smallest absolute Gasteiger partial charge is 0.321 e. The molecule has 0 aliphatic heterocycles. The third-order valence-corrected chi connectivity index (χ3v) is 4.37. The van der Waals surface area contributed by atoms with Crippen molar-refractivity contribution in [2.75, 3.05) is 20.2 Å². The van der Waals surface area contributed by atoms with E-state index in [2.05, 4.69) is 61.9 Å². The van der Waals surface area contributed by atoms with Crippen molar-refractivity contribution in [3.63, 3.8) is 0 Å². The van der Waals surface area contributed by atoms with Gasteiger partial charge in [0.25, 0.3) is 0 Å². The molecule has 1 unspecified atom stereocenters. The Morgan fingerprint density at radius 1 is 1.22 bits per heavy atom. The van der Waals surface area contributed by atoms with Gasteiger partial charge in [0.2, 0.25) is 0 Å². The zero-order valence-electron chi connectivity index (χ0n) is 18.9. The second-order valence-electron chi connectivity index (χ2n) is 6.01. The standard InChI is InChI=1S/C19H34N4O2.C2H6/c1-8-16(23(11-4)13-12-15(5)24-7)14-17(9-2)25-19-21-20-18(10-3)22(19)6;1-2/h8,14-15H,9-13H2,1-7H3;1-2H3/b16-8+,17-14+;. The molecule has 0 saturated heterocycles. The van der Waals surface area contributed by atoms with Crippen LogP contribution < -0.4 is 4.74 Å². The molecule has 1 aromatic rings. The first kappa shape index (κ1) is 25.2. The molecular weight excluding hydrogens is 340 g/mol. The highest BCUT2D eigenvalue weighted by atomic mass is 16.5. The monoisotopic (exact) mass is 380 g/mol. The second-order valence-corrected chi connectivity index (χ2v) is 6.01. The third kappa shape index (κ3) is 8.16. The topological polar surface area (TPSA) is 52.4 Å². The van der Waals surface area contributed by atoms with E-state index in [1.807, 2.05) is 25.5 Å². The summed E-state index contributed by atoms with van der Waals surface area (Å²) in [6, 6.07) is 0.538. The molecule has 156 valence electrons. The minimum Gasteiger partial charge on any atom is -0.429 e. The molecule has 6 heteroatoms. The number of hydrogen-bond donors (Lipinski definition) is 0. The van der Waals surface area contributed by atoms with E-state index in [4.69, 9.17) is 9.47 Å². The molecule has 1 aromatic heterocycles. The van der Waals surface area contributed by atoms with Crippen molar-refractivity contribution < 1.29 is 9.47 Å². The Bertz CT molecular complexity index is 579. The summed E-state index contributed by atoms with van der Waals surface area (Å²) in [7, 11) is 3.69. The van der Waals surface area contributed by atoms with Gasteiger partial charge in [-0.3, -0.25) is 4.57 Å². The summed E-state index contributed by atoms with van der Waals surface area (Å²) in [6.45, 7) is 16.3. The van der Waals surface area contributed by atoms with E-state index in [-0.39, 0.29) is 6.10 Å². The van der Waals surface area contributed by atoms with E-state index >= 15 is 0 Å². The molecule has 1 atom stereocenters. The number of ether oxygens (including phenoxy) is 2. The van der Waals surface area contributed by atoms with Gasteiger partial charge >= 0.3 is 6.01 Å². The molecule has 0 bridgehead atoms. The second kappa shape index (κ2) is 14.3. The summed E-state index contributed by atoms with van der Waals surface area (Å²) in [6.07, 6.45) is 7.08. The first-order valence-corrected chi connectivity index (χ1v) is 10.2. The summed E-state index contributed by atoms with van der Waals surface area (Å²) < 4.78 is 13.3. The molecule has 0 fully saturated rings. The molecule has 0 N–H and O–H groups in total. The van der Waals surface area contributed by atoms with Crippen LogP contribution in [0.15, 0.2) is 23.6 Å². The summed E-state index contributed by atoms with van der Waals surface area (Å²) in [4.78, 5) is 2.34. The van der Waals surface area contributed by atoms with Crippen molar-refractivity contribution in [1.82, 2.24) is 19.7 Å². The van der Waals surface area contributed by atoms with Crippen molar-refractivity contribution in [3.8, 4) is 6.01 Å². The van der Waals surface area contributed by atoms with Gasteiger partial charge in [0, 0.05) is 45.8 Å². The van der Waals surface area contributed by atoms with Gasteiger partial charge < -0.3 is 14.4 Å². The Balaban J connectivity index is 0.00000326. The van der Waals surface area contributed by atoms with Crippen LogP contribution in [0.4, 0.5) is 0 Å². The molecule has 1 rings (SSSR count). The predicted molar refractivity (Wildman–Crippen MR) is 113 cm³/mol. The molecule has 27 heavy (non-hydrogen) atoms. The number of likely N-dealkylation sites (N-methyl/N-ethyl adjacent to an activating group) is 1. The minimum atomic E-state index is 0.254. The SMILES string of the molecule is C/C=C(\C=C(/CC)Oc1nnc(CC)n1C)N(CC)CCC(C)OC.CC. The zero-order valence-corrected chi connectivity index (χ0v) is 18.9. The first-order chi connectivity index (χ1) is 13.0. The summed E-state index contributed by atoms with van der Waals surface area (Å²) >= 11 is 0. The van der Waals surface area contributed by atoms with E-state index in [1.54, 1.807) is 7.11 Å². The van der Waals surface area contributed by atoms with E-state index in [9.17, 15) is 0 Å². The number of nitrogens with zero attached hydrogens (tertiary/aromatic N) is 4. The van der Waals surface area contributed by atoms with Crippen molar-refractivity contribution in [2.24, 2.45) is 7.05 Å². The third-order valence-electron chi connectivity index (χ3n) is 4.37. The fourth-order valence-corrected chi connectivity index (χ4v) is 2.51. The van der Waals surface area contributed by atoms with Crippen molar-refractivity contribution in [3.05, 3.63) is 29.4 Å². The maximum absolute atomic E-state index is 6.01. The van der Waals surface area contributed by atoms with Crippen LogP contribution in [0.3, 0.4) is 0 Å². The van der Waals surface area contributed by atoms with Crippen LogP contribution in [0.2, 0.25) is 0 Å². The molecule has 0 amide bonds. The fourth-order valence-electron chi connectivity index (χ4n) is 2.51. The van der Waals surface area contributed by atoms with Crippen LogP contribution in [0.1, 0.15) is 67.1 Å². The van der Waals surface area contributed by atoms with Crippen LogP contribution in [-0.2, 0) is 18.2 Å². The van der Waals surface area contributed by atoms with Gasteiger partial charge in [-0.1, -0.05) is 38.9 Å². The lowest BCUT2D eigenvalue weighted by atomic mass is 10.2. The highest BCUT2D eigenvalue weighted by molar-refractivity contribution is 5.21. The van der Waals surface area contributed by atoms with Gasteiger partial charge in [-0.15, -0.1) is 5.10 Å². The number of rotatable bonds is 11. The largest absolute Gasteiger partial charge is 0.429 e. The Morgan fingerprint density at radius 2 is 1.89 bits per heavy atom.